The summed E-state index contributed by atoms with van der Waals surface area (Å²) in [6.45, 7) is 0.315. The van der Waals surface area contributed by atoms with E-state index in [-0.39, 0.29) is 5.92 Å². The van der Waals surface area contributed by atoms with Crippen LogP contribution in [0.15, 0.2) is 22.8 Å². The number of carbonyl (C=O) groups is 2. The van der Waals surface area contributed by atoms with Crippen molar-refractivity contribution in [3.63, 3.8) is 0 Å². The topological polar surface area (TPSA) is 82.8 Å². The van der Waals surface area contributed by atoms with Gasteiger partial charge in [-0.2, -0.15) is 0 Å². The predicted molar refractivity (Wildman–Crippen MR) is 62.9 cm³/mol. The lowest BCUT2D eigenvalue weighted by atomic mass is 10.2. The molecule has 2 N–H and O–H groups in total. The number of nitrogens with zero attached hydrogens (tertiary/aromatic N) is 1. The summed E-state index contributed by atoms with van der Waals surface area (Å²) in [6.07, 6.45) is 3.25. The van der Waals surface area contributed by atoms with Gasteiger partial charge in [0.1, 0.15) is 11.8 Å². The van der Waals surface area contributed by atoms with Crippen molar-refractivity contribution in [3.8, 4) is 0 Å². The molecule has 1 atom stereocenters. The third-order valence-electron chi connectivity index (χ3n) is 2.96. The van der Waals surface area contributed by atoms with Crippen LogP contribution in [-0.2, 0) is 11.3 Å². The molecule has 1 aromatic heterocycles. The number of hydrogen-bond acceptors (Lipinski definition) is 3. The smallest absolute Gasteiger partial charge is 0.326 e. The van der Waals surface area contributed by atoms with Crippen molar-refractivity contribution in [1.29, 1.82) is 0 Å². The van der Waals surface area contributed by atoms with Gasteiger partial charge in [-0.3, -0.25) is 0 Å². The Morgan fingerprint density at radius 2 is 2.33 bits per heavy atom. The van der Waals surface area contributed by atoms with Gasteiger partial charge in [0.05, 0.1) is 12.8 Å². The normalized spacial score (nSPS) is 16.1. The predicted octanol–water partition coefficient (Wildman–Crippen LogP) is 1.28. The zero-order valence-corrected chi connectivity index (χ0v) is 10.1. The van der Waals surface area contributed by atoms with E-state index in [4.69, 9.17) is 9.52 Å². The molecule has 0 radical (unpaired) electrons. The van der Waals surface area contributed by atoms with Gasteiger partial charge in [0.15, 0.2) is 0 Å². The summed E-state index contributed by atoms with van der Waals surface area (Å²) in [5, 5.41) is 11.6. The number of amides is 2. The summed E-state index contributed by atoms with van der Waals surface area (Å²) in [4.78, 5) is 24.2. The summed E-state index contributed by atoms with van der Waals surface area (Å²) in [5.41, 5.74) is 0. The van der Waals surface area contributed by atoms with Crippen molar-refractivity contribution in [3.05, 3.63) is 24.2 Å². The van der Waals surface area contributed by atoms with Gasteiger partial charge in [-0.25, -0.2) is 9.59 Å². The highest BCUT2D eigenvalue weighted by Crippen LogP contribution is 2.32. The van der Waals surface area contributed by atoms with Crippen LogP contribution in [0, 0.1) is 5.92 Å². The number of carboxylic acids is 1. The van der Waals surface area contributed by atoms with Crippen LogP contribution in [0.2, 0.25) is 0 Å². The average molecular weight is 252 g/mol. The van der Waals surface area contributed by atoms with E-state index >= 15 is 0 Å². The molecular weight excluding hydrogens is 236 g/mol. The van der Waals surface area contributed by atoms with E-state index in [2.05, 4.69) is 5.32 Å². The molecule has 6 heteroatoms. The molecule has 2 amide bonds. The lowest BCUT2D eigenvalue weighted by molar-refractivity contribution is -0.139. The van der Waals surface area contributed by atoms with Gasteiger partial charge in [0.2, 0.25) is 0 Å². The van der Waals surface area contributed by atoms with Crippen molar-refractivity contribution in [1.82, 2.24) is 10.2 Å². The van der Waals surface area contributed by atoms with E-state index in [9.17, 15) is 9.59 Å². The van der Waals surface area contributed by atoms with Crippen LogP contribution in [0.5, 0.6) is 0 Å². The first-order chi connectivity index (χ1) is 8.58. The van der Waals surface area contributed by atoms with E-state index in [1.54, 1.807) is 19.2 Å². The lowest BCUT2D eigenvalue weighted by Crippen LogP contribution is -2.47. The maximum atomic E-state index is 11.8. The minimum atomic E-state index is -0.975. The Morgan fingerprint density at radius 3 is 2.83 bits per heavy atom. The Hall–Kier alpha value is -1.98. The van der Waals surface area contributed by atoms with Crippen molar-refractivity contribution >= 4 is 12.0 Å². The number of carbonyl (C=O) groups excluding carboxylic acids is 1. The third-order valence-corrected chi connectivity index (χ3v) is 2.96. The highest BCUT2D eigenvalue weighted by molar-refractivity contribution is 5.83. The van der Waals surface area contributed by atoms with Crippen LogP contribution in [0.3, 0.4) is 0 Å². The van der Waals surface area contributed by atoms with Gasteiger partial charge in [-0.1, -0.05) is 0 Å². The van der Waals surface area contributed by atoms with Crippen molar-refractivity contribution in [2.45, 2.75) is 25.4 Å². The second kappa shape index (κ2) is 5.12. The fourth-order valence-electron chi connectivity index (χ4n) is 1.76. The monoisotopic (exact) mass is 252 g/mol. The number of hydrogen-bond donors (Lipinski definition) is 2. The molecule has 2 rings (SSSR count). The highest BCUT2D eigenvalue weighted by Gasteiger charge is 2.37. The maximum absolute atomic E-state index is 11.8. The quantitative estimate of drug-likeness (QED) is 0.827. The van der Waals surface area contributed by atoms with Gasteiger partial charge in [0.25, 0.3) is 0 Å². The fraction of sp³-hybridized carbons (Fsp3) is 0.500. The summed E-state index contributed by atoms with van der Waals surface area (Å²) in [5.74, 6) is -0.244. The third kappa shape index (κ3) is 3.03. The molecule has 0 bridgehead atoms. The van der Waals surface area contributed by atoms with Gasteiger partial charge in [-0.05, 0) is 30.9 Å². The molecule has 0 aromatic carbocycles. The van der Waals surface area contributed by atoms with E-state index < -0.39 is 18.0 Å². The number of aliphatic carboxylic acids is 1. The van der Waals surface area contributed by atoms with Crippen LogP contribution in [0.1, 0.15) is 18.6 Å². The zero-order chi connectivity index (χ0) is 13.1. The molecule has 0 saturated heterocycles. The molecular formula is C12H16N2O4. The van der Waals surface area contributed by atoms with Gasteiger partial charge < -0.3 is 19.7 Å². The lowest BCUT2D eigenvalue weighted by Gasteiger charge is -2.20. The minimum absolute atomic E-state index is 0.0727. The van der Waals surface area contributed by atoms with Gasteiger partial charge >= 0.3 is 12.0 Å². The number of rotatable bonds is 5. The molecule has 0 spiro atoms. The van der Waals surface area contributed by atoms with Crippen LogP contribution >= 0.6 is 0 Å². The number of urea groups is 1. The Labute approximate surface area is 105 Å². The number of carboxylic acid groups (broad SMARTS) is 1. The van der Waals surface area contributed by atoms with E-state index in [0.717, 1.165) is 12.8 Å². The Morgan fingerprint density at radius 1 is 1.61 bits per heavy atom. The maximum Gasteiger partial charge on any atom is 0.326 e. The molecule has 1 aliphatic carbocycles. The van der Waals surface area contributed by atoms with Gasteiger partial charge in [0, 0.05) is 7.05 Å². The van der Waals surface area contributed by atoms with E-state index in [1.165, 1.54) is 11.2 Å². The SMILES string of the molecule is CN(Cc1ccco1)C(=O)NC(C(=O)O)C1CC1. The van der Waals surface area contributed by atoms with E-state index in [0.29, 0.717) is 12.3 Å². The molecule has 18 heavy (non-hydrogen) atoms. The van der Waals surface area contributed by atoms with Crippen LogP contribution in [0.4, 0.5) is 4.79 Å². The first-order valence-electron chi connectivity index (χ1n) is 5.84. The number of nitrogens with one attached hydrogen (secondary N) is 1. The molecule has 1 heterocycles. The van der Waals surface area contributed by atoms with Crippen LogP contribution < -0.4 is 5.32 Å². The second-order valence-corrected chi connectivity index (χ2v) is 4.54. The molecule has 1 unspecified atom stereocenters. The summed E-state index contributed by atoms with van der Waals surface area (Å²) >= 11 is 0. The zero-order valence-electron chi connectivity index (χ0n) is 10.1. The fourth-order valence-corrected chi connectivity index (χ4v) is 1.76. The molecule has 0 aliphatic heterocycles. The summed E-state index contributed by atoms with van der Waals surface area (Å²) in [6, 6.07) is 2.33. The van der Waals surface area contributed by atoms with E-state index in [1.807, 2.05) is 0 Å². The first kappa shape index (κ1) is 12.5. The molecule has 1 fully saturated rings. The Balaban J connectivity index is 1.88. The standard InChI is InChI=1S/C12H16N2O4/c1-14(7-9-3-2-6-18-9)12(17)13-10(11(15)16)8-4-5-8/h2-3,6,8,10H,4-5,7H2,1H3,(H,13,17)(H,15,16). The van der Waals surface area contributed by atoms with Crippen LogP contribution in [0.25, 0.3) is 0 Å². The van der Waals surface area contributed by atoms with Crippen molar-refractivity contribution in [2.24, 2.45) is 5.92 Å². The molecule has 1 saturated carbocycles. The minimum Gasteiger partial charge on any atom is -0.480 e. The van der Waals surface area contributed by atoms with Gasteiger partial charge in [-0.15, -0.1) is 0 Å². The Kier molecular flexibility index (Phi) is 3.55. The first-order valence-corrected chi connectivity index (χ1v) is 5.84. The molecule has 1 aliphatic rings. The number of furan rings is 1. The average Bonchev–Trinajstić information content (AvgIpc) is 3.03. The highest BCUT2D eigenvalue weighted by atomic mass is 16.4. The van der Waals surface area contributed by atoms with Crippen molar-refractivity contribution < 1.29 is 19.1 Å². The largest absolute Gasteiger partial charge is 0.480 e. The summed E-state index contributed by atoms with van der Waals surface area (Å²) in [7, 11) is 1.60. The summed E-state index contributed by atoms with van der Waals surface area (Å²) < 4.78 is 5.13. The molecule has 98 valence electrons. The second-order valence-electron chi connectivity index (χ2n) is 4.54. The Bertz CT molecular complexity index is 425. The molecule has 6 nitrogen and oxygen atoms in total. The molecule has 1 aromatic rings. The van der Waals surface area contributed by atoms with Crippen LogP contribution in [-0.4, -0.2) is 35.1 Å². The van der Waals surface area contributed by atoms with Crippen molar-refractivity contribution in [2.75, 3.05) is 7.05 Å².